The summed E-state index contributed by atoms with van der Waals surface area (Å²) in [5, 5.41) is 1.76. The molecule has 0 amide bonds. The van der Waals surface area contributed by atoms with Gasteiger partial charge in [0.25, 0.3) is 0 Å². The molecule has 0 aliphatic rings. The molecule has 42 heavy (non-hydrogen) atoms. The minimum Gasteiger partial charge on any atom is -0.494 e. The van der Waals surface area contributed by atoms with E-state index in [0.717, 1.165) is 42.2 Å². The minimum absolute atomic E-state index is 0.313. The van der Waals surface area contributed by atoms with Crippen molar-refractivity contribution in [3.05, 3.63) is 71.8 Å². The Morgan fingerprint density at radius 1 is 0.619 bits per heavy atom. The lowest BCUT2D eigenvalue weighted by molar-refractivity contribution is 0.0494. The molecule has 1 unspecified atom stereocenters. The third-order valence-electron chi connectivity index (χ3n) is 7.89. The third-order valence-corrected chi connectivity index (χ3v) is 7.89. The molecule has 0 bridgehead atoms. The summed E-state index contributed by atoms with van der Waals surface area (Å²) in [6.45, 7) is 7.76. The second-order valence-corrected chi connectivity index (χ2v) is 11.5. The highest BCUT2D eigenvalue weighted by molar-refractivity contribution is 5.96. The van der Waals surface area contributed by atoms with E-state index in [2.05, 4.69) is 20.8 Å². The van der Waals surface area contributed by atoms with E-state index in [1.54, 1.807) is 30.3 Å². The molecular formula is C37H50O5. The Morgan fingerprint density at radius 3 is 1.90 bits per heavy atom. The summed E-state index contributed by atoms with van der Waals surface area (Å²) < 4.78 is 16.9. The third kappa shape index (κ3) is 11.9. The van der Waals surface area contributed by atoms with Crippen LogP contribution >= 0.6 is 0 Å². The van der Waals surface area contributed by atoms with Crippen molar-refractivity contribution < 1.29 is 23.8 Å². The fourth-order valence-electron chi connectivity index (χ4n) is 4.93. The Balaban J connectivity index is 1.38. The predicted octanol–water partition coefficient (Wildman–Crippen LogP) is 10.3. The Kier molecular flexibility index (Phi) is 15.0. The van der Waals surface area contributed by atoms with E-state index in [-0.39, 0.29) is 5.97 Å². The summed E-state index contributed by atoms with van der Waals surface area (Å²) >= 11 is 0. The van der Waals surface area contributed by atoms with E-state index in [1.165, 1.54) is 57.8 Å². The van der Waals surface area contributed by atoms with Crippen molar-refractivity contribution in [1.29, 1.82) is 0 Å². The summed E-state index contributed by atoms with van der Waals surface area (Å²) in [4.78, 5) is 25.2. The first-order valence-corrected chi connectivity index (χ1v) is 16.2. The molecule has 0 aliphatic heterocycles. The van der Waals surface area contributed by atoms with Crippen molar-refractivity contribution in [2.75, 3.05) is 13.2 Å². The first-order chi connectivity index (χ1) is 20.5. The van der Waals surface area contributed by atoms with Gasteiger partial charge in [0.2, 0.25) is 0 Å². The predicted molar refractivity (Wildman–Crippen MR) is 172 cm³/mol. The SMILES string of the molecule is CCCCCCCCCCCCOc1ccc(C(=O)Oc2ccc3cc(C(=O)OCCCC(C)CC)ccc3c2)cc1. The van der Waals surface area contributed by atoms with Gasteiger partial charge in [-0.05, 0) is 84.5 Å². The van der Waals surface area contributed by atoms with Crippen LogP contribution in [0.4, 0.5) is 0 Å². The molecule has 0 saturated heterocycles. The van der Waals surface area contributed by atoms with E-state index in [4.69, 9.17) is 14.2 Å². The molecule has 0 spiro atoms. The van der Waals surface area contributed by atoms with Crippen LogP contribution in [0.3, 0.4) is 0 Å². The zero-order valence-corrected chi connectivity index (χ0v) is 26.0. The number of unbranched alkanes of at least 4 members (excludes halogenated alkanes) is 9. The number of ether oxygens (including phenoxy) is 3. The van der Waals surface area contributed by atoms with Gasteiger partial charge in [0.1, 0.15) is 11.5 Å². The van der Waals surface area contributed by atoms with E-state index < -0.39 is 5.97 Å². The maximum atomic E-state index is 12.7. The highest BCUT2D eigenvalue weighted by Crippen LogP contribution is 2.24. The van der Waals surface area contributed by atoms with Gasteiger partial charge in [-0.1, -0.05) is 97.1 Å². The van der Waals surface area contributed by atoms with Crippen LogP contribution in [0.15, 0.2) is 60.7 Å². The summed E-state index contributed by atoms with van der Waals surface area (Å²) in [5.41, 5.74) is 0.985. The van der Waals surface area contributed by atoms with Crippen LogP contribution in [0, 0.1) is 5.92 Å². The Hall–Kier alpha value is -3.34. The number of carbonyl (C=O) groups is 2. The normalized spacial score (nSPS) is 11.8. The first kappa shape index (κ1) is 33.2. The fourth-order valence-corrected chi connectivity index (χ4v) is 4.93. The van der Waals surface area contributed by atoms with Gasteiger partial charge in [0.05, 0.1) is 24.3 Å². The van der Waals surface area contributed by atoms with Crippen molar-refractivity contribution in [2.45, 2.75) is 104 Å². The van der Waals surface area contributed by atoms with Gasteiger partial charge in [-0.15, -0.1) is 0 Å². The molecule has 0 saturated carbocycles. The molecule has 0 radical (unpaired) electrons. The van der Waals surface area contributed by atoms with Crippen molar-refractivity contribution in [1.82, 2.24) is 0 Å². The molecule has 0 heterocycles. The summed E-state index contributed by atoms with van der Waals surface area (Å²) in [6.07, 6.45) is 16.0. The van der Waals surface area contributed by atoms with Crippen molar-refractivity contribution >= 4 is 22.7 Å². The molecule has 0 aliphatic carbocycles. The van der Waals surface area contributed by atoms with Gasteiger partial charge < -0.3 is 14.2 Å². The number of hydrogen-bond donors (Lipinski definition) is 0. The summed E-state index contributed by atoms with van der Waals surface area (Å²) in [7, 11) is 0. The van der Waals surface area contributed by atoms with E-state index in [9.17, 15) is 9.59 Å². The lowest BCUT2D eigenvalue weighted by Gasteiger charge is -2.10. The zero-order chi connectivity index (χ0) is 30.0. The quantitative estimate of drug-likeness (QED) is 0.0763. The van der Waals surface area contributed by atoms with Gasteiger partial charge in [-0.3, -0.25) is 0 Å². The van der Waals surface area contributed by atoms with E-state index in [1.807, 2.05) is 30.3 Å². The molecule has 1 atom stereocenters. The average Bonchev–Trinajstić information content (AvgIpc) is 3.01. The molecule has 5 heteroatoms. The van der Waals surface area contributed by atoms with Crippen LogP contribution in [0.5, 0.6) is 11.5 Å². The van der Waals surface area contributed by atoms with Crippen LogP contribution in [-0.4, -0.2) is 25.2 Å². The van der Waals surface area contributed by atoms with Gasteiger partial charge in [-0.2, -0.15) is 0 Å². The molecule has 0 fully saturated rings. The molecule has 228 valence electrons. The van der Waals surface area contributed by atoms with E-state index >= 15 is 0 Å². The Morgan fingerprint density at radius 2 is 1.21 bits per heavy atom. The standard InChI is InChI=1S/C37H50O5/c1-4-6-7-8-9-10-11-12-13-14-25-40-34-22-19-30(20-23-34)37(39)42-35-24-21-31-27-33(18-17-32(31)28-35)36(38)41-26-15-16-29(3)5-2/h17-24,27-29H,4-16,25-26H2,1-3H3. The van der Waals surface area contributed by atoms with Crippen LogP contribution in [0.25, 0.3) is 10.8 Å². The van der Waals surface area contributed by atoms with Gasteiger partial charge in [0.15, 0.2) is 0 Å². The lowest BCUT2D eigenvalue weighted by atomic mass is 10.0. The van der Waals surface area contributed by atoms with Crippen molar-refractivity contribution in [2.24, 2.45) is 5.92 Å². The average molecular weight is 575 g/mol. The molecule has 0 N–H and O–H groups in total. The summed E-state index contributed by atoms with van der Waals surface area (Å²) in [5.74, 6) is 1.12. The van der Waals surface area contributed by atoms with Crippen LogP contribution in [0.2, 0.25) is 0 Å². The molecule has 3 rings (SSSR count). The topological polar surface area (TPSA) is 61.8 Å². The second-order valence-electron chi connectivity index (χ2n) is 11.5. The van der Waals surface area contributed by atoms with Gasteiger partial charge in [0, 0.05) is 0 Å². The second kappa shape index (κ2) is 19.0. The van der Waals surface area contributed by atoms with Crippen molar-refractivity contribution in [3.63, 3.8) is 0 Å². The molecule has 0 aromatic heterocycles. The fraction of sp³-hybridized carbons (Fsp3) is 0.514. The first-order valence-electron chi connectivity index (χ1n) is 16.2. The largest absolute Gasteiger partial charge is 0.494 e. The number of benzene rings is 3. The maximum absolute atomic E-state index is 12.7. The van der Waals surface area contributed by atoms with Crippen LogP contribution < -0.4 is 9.47 Å². The summed E-state index contributed by atoms with van der Waals surface area (Å²) in [6, 6.07) is 17.9. The van der Waals surface area contributed by atoms with Crippen LogP contribution in [-0.2, 0) is 4.74 Å². The molecular weight excluding hydrogens is 524 g/mol. The molecule has 3 aromatic rings. The smallest absolute Gasteiger partial charge is 0.343 e. The Bertz CT molecular complexity index is 1220. The highest BCUT2D eigenvalue weighted by Gasteiger charge is 2.12. The maximum Gasteiger partial charge on any atom is 0.343 e. The van der Waals surface area contributed by atoms with Crippen molar-refractivity contribution in [3.8, 4) is 11.5 Å². The molecule has 3 aromatic carbocycles. The number of carbonyl (C=O) groups excluding carboxylic acids is 2. The van der Waals surface area contributed by atoms with E-state index in [0.29, 0.717) is 36.0 Å². The lowest BCUT2D eigenvalue weighted by Crippen LogP contribution is -2.08. The zero-order valence-electron chi connectivity index (χ0n) is 26.0. The number of esters is 2. The monoisotopic (exact) mass is 574 g/mol. The van der Waals surface area contributed by atoms with Gasteiger partial charge >= 0.3 is 11.9 Å². The minimum atomic E-state index is -0.423. The van der Waals surface area contributed by atoms with Crippen LogP contribution in [0.1, 0.15) is 125 Å². The number of fused-ring (bicyclic) bond motifs is 1. The van der Waals surface area contributed by atoms with Gasteiger partial charge in [-0.25, -0.2) is 9.59 Å². The number of rotatable bonds is 20. The highest BCUT2D eigenvalue weighted by atomic mass is 16.5. The molecule has 5 nitrogen and oxygen atoms in total. The number of hydrogen-bond acceptors (Lipinski definition) is 5. The Labute approximate surface area is 252 Å².